The summed E-state index contributed by atoms with van der Waals surface area (Å²) in [7, 11) is 0. The normalized spacial score (nSPS) is 29.1. The van der Waals surface area contributed by atoms with E-state index in [-0.39, 0.29) is 11.9 Å². The van der Waals surface area contributed by atoms with E-state index < -0.39 is 0 Å². The number of nitrogens with zero attached hydrogens (tertiary/aromatic N) is 2. The van der Waals surface area contributed by atoms with Gasteiger partial charge in [-0.1, -0.05) is 5.16 Å². The molecule has 0 spiro atoms. The minimum absolute atomic E-state index is 0.0121. The molecule has 2 aromatic heterocycles. The lowest BCUT2D eigenvalue weighted by atomic mass is 9.99. The Morgan fingerprint density at radius 2 is 2.00 bits per heavy atom. The molecule has 6 heteroatoms. The summed E-state index contributed by atoms with van der Waals surface area (Å²) in [5.74, 6) is 0.461. The summed E-state index contributed by atoms with van der Waals surface area (Å²) >= 11 is 0. The molecule has 1 saturated carbocycles. The Bertz CT molecular complexity index is 799. The van der Waals surface area contributed by atoms with E-state index in [1.54, 1.807) is 0 Å². The molecular formula is C18H22N4O2. The quantitative estimate of drug-likeness (QED) is 0.905. The number of carbonyl (C=O) groups excluding carboxylic acids is 1. The summed E-state index contributed by atoms with van der Waals surface area (Å²) in [6.07, 6.45) is 6.79. The summed E-state index contributed by atoms with van der Waals surface area (Å²) in [5, 5.41) is 11.6. The van der Waals surface area contributed by atoms with Gasteiger partial charge < -0.3 is 15.2 Å². The molecule has 1 amide bonds. The second-order valence-electron chi connectivity index (χ2n) is 7.60. The number of aryl methyl sites for hydroxylation is 1. The van der Waals surface area contributed by atoms with E-state index in [1.165, 1.54) is 12.8 Å². The molecule has 2 saturated heterocycles. The molecule has 0 aromatic carbocycles. The highest BCUT2D eigenvalue weighted by Gasteiger charge is 2.35. The van der Waals surface area contributed by atoms with E-state index in [2.05, 4.69) is 20.8 Å². The highest BCUT2D eigenvalue weighted by Crippen LogP contribution is 2.40. The van der Waals surface area contributed by atoms with Crippen molar-refractivity contribution in [3.05, 3.63) is 23.0 Å². The van der Waals surface area contributed by atoms with Crippen molar-refractivity contribution in [1.29, 1.82) is 0 Å². The summed E-state index contributed by atoms with van der Waals surface area (Å²) in [5.41, 5.74) is 2.86. The average molecular weight is 326 g/mol. The first-order valence-electron chi connectivity index (χ1n) is 9.01. The van der Waals surface area contributed by atoms with Gasteiger partial charge in [-0.2, -0.15) is 0 Å². The van der Waals surface area contributed by atoms with Gasteiger partial charge in [0.15, 0.2) is 0 Å². The molecule has 5 rings (SSSR count). The molecule has 6 nitrogen and oxygen atoms in total. The number of amides is 1. The third kappa shape index (κ3) is 2.40. The van der Waals surface area contributed by atoms with E-state index in [9.17, 15) is 4.79 Å². The van der Waals surface area contributed by atoms with Gasteiger partial charge in [0, 0.05) is 29.7 Å². The third-order valence-electron chi connectivity index (χ3n) is 5.69. The average Bonchev–Trinajstić information content (AvgIpc) is 3.28. The van der Waals surface area contributed by atoms with Crippen molar-refractivity contribution < 1.29 is 9.32 Å². The van der Waals surface area contributed by atoms with Gasteiger partial charge in [-0.15, -0.1) is 0 Å². The molecule has 2 unspecified atom stereocenters. The van der Waals surface area contributed by atoms with Gasteiger partial charge >= 0.3 is 0 Å². The lowest BCUT2D eigenvalue weighted by molar-refractivity contribution is 0.0925. The fourth-order valence-electron chi connectivity index (χ4n) is 4.32. The molecule has 0 radical (unpaired) electrons. The van der Waals surface area contributed by atoms with Crippen LogP contribution in [0.15, 0.2) is 10.6 Å². The number of aromatic nitrogens is 2. The third-order valence-corrected chi connectivity index (χ3v) is 5.69. The Morgan fingerprint density at radius 3 is 2.71 bits per heavy atom. The number of nitrogens with one attached hydrogen (secondary N) is 2. The van der Waals surface area contributed by atoms with Crippen LogP contribution in [0.25, 0.3) is 11.1 Å². The van der Waals surface area contributed by atoms with Crippen LogP contribution < -0.4 is 10.6 Å². The molecule has 2 atom stereocenters. The van der Waals surface area contributed by atoms with Gasteiger partial charge in [0.2, 0.25) is 0 Å². The second kappa shape index (κ2) is 5.28. The van der Waals surface area contributed by atoms with Gasteiger partial charge in [-0.25, -0.2) is 4.98 Å². The standard InChI is InChI=1S/C18H22N4O2/c1-9-16-14(8-15(10-2-3-10)21-18(16)24-22-9)17(23)20-13-6-11-4-5-12(7-13)19-11/h8,10-13,19H,2-7H2,1H3,(H,20,23). The van der Waals surface area contributed by atoms with Gasteiger partial charge in [0.25, 0.3) is 11.6 Å². The molecule has 2 bridgehead atoms. The Balaban J connectivity index is 1.46. The summed E-state index contributed by atoms with van der Waals surface area (Å²) in [6.45, 7) is 1.87. The van der Waals surface area contributed by atoms with Crippen LogP contribution in [-0.2, 0) is 0 Å². The molecule has 2 aromatic rings. The van der Waals surface area contributed by atoms with Crippen molar-refractivity contribution in [2.24, 2.45) is 0 Å². The fourth-order valence-corrected chi connectivity index (χ4v) is 4.32. The predicted octanol–water partition coefficient (Wildman–Crippen LogP) is 2.42. The zero-order valence-electron chi connectivity index (χ0n) is 13.8. The predicted molar refractivity (Wildman–Crippen MR) is 88.9 cm³/mol. The van der Waals surface area contributed by atoms with Crippen LogP contribution in [0.3, 0.4) is 0 Å². The van der Waals surface area contributed by atoms with E-state index >= 15 is 0 Å². The van der Waals surface area contributed by atoms with Crippen LogP contribution in [0, 0.1) is 6.92 Å². The zero-order chi connectivity index (χ0) is 16.3. The van der Waals surface area contributed by atoms with Gasteiger partial charge in [-0.05, 0) is 51.5 Å². The highest BCUT2D eigenvalue weighted by molar-refractivity contribution is 6.06. The lowest BCUT2D eigenvalue weighted by Crippen LogP contribution is -2.48. The topological polar surface area (TPSA) is 80.0 Å². The number of hydrogen-bond donors (Lipinski definition) is 2. The molecule has 3 aliphatic rings. The van der Waals surface area contributed by atoms with Crippen LogP contribution in [0.2, 0.25) is 0 Å². The van der Waals surface area contributed by atoms with E-state index in [0.717, 1.165) is 42.5 Å². The maximum atomic E-state index is 13.0. The van der Waals surface area contributed by atoms with Crippen LogP contribution in [0.4, 0.5) is 0 Å². The molecule has 126 valence electrons. The molecule has 2 aliphatic heterocycles. The number of carbonyl (C=O) groups is 1. The van der Waals surface area contributed by atoms with Crippen LogP contribution >= 0.6 is 0 Å². The zero-order valence-corrected chi connectivity index (χ0v) is 13.8. The maximum Gasteiger partial charge on any atom is 0.259 e. The second-order valence-corrected chi connectivity index (χ2v) is 7.60. The lowest BCUT2D eigenvalue weighted by Gasteiger charge is -2.29. The van der Waals surface area contributed by atoms with E-state index in [0.29, 0.717) is 29.3 Å². The number of fused-ring (bicyclic) bond motifs is 3. The van der Waals surface area contributed by atoms with Crippen LogP contribution in [-0.4, -0.2) is 34.2 Å². The van der Waals surface area contributed by atoms with Crippen molar-refractivity contribution in [1.82, 2.24) is 20.8 Å². The van der Waals surface area contributed by atoms with E-state index in [1.807, 2.05) is 13.0 Å². The summed E-state index contributed by atoms with van der Waals surface area (Å²) in [4.78, 5) is 17.5. The number of piperidine rings is 1. The Kier molecular flexibility index (Phi) is 3.16. The number of pyridine rings is 1. The first-order chi connectivity index (χ1) is 11.7. The molecule has 4 heterocycles. The van der Waals surface area contributed by atoms with Crippen molar-refractivity contribution in [3.63, 3.8) is 0 Å². The van der Waals surface area contributed by atoms with Crippen molar-refractivity contribution in [2.75, 3.05) is 0 Å². The van der Waals surface area contributed by atoms with Crippen molar-refractivity contribution in [3.8, 4) is 0 Å². The first-order valence-corrected chi connectivity index (χ1v) is 9.01. The Morgan fingerprint density at radius 1 is 1.25 bits per heavy atom. The minimum Gasteiger partial charge on any atom is -0.349 e. The van der Waals surface area contributed by atoms with Gasteiger partial charge in [0.05, 0.1) is 16.6 Å². The molecule has 3 fully saturated rings. The molecule has 1 aliphatic carbocycles. The Hall–Kier alpha value is -1.95. The first kappa shape index (κ1) is 14.4. The number of hydrogen-bond acceptors (Lipinski definition) is 5. The van der Waals surface area contributed by atoms with Crippen molar-refractivity contribution >= 4 is 17.0 Å². The molecular weight excluding hydrogens is 304 g/mol. The van der Waals surface area contributed by atoms with E-state index in [4.69, 9.17) is 4.52 Å². The summed E-state index contributed by atoms with van der Waals surface area (Å²) < 4.78 is 5.34. The molecule has 24 heavy (non-hydrogen) atoms. The minimum atomic E-state index is -0.0121. The van der Waals surface area contributed by atoms with Crippen molar-refractivity contribution in [2.45, 2.75) is 69.5 Å². The molecule has 2 N–H and O–H groups in total. The monoisotopic (exact) mass is 326 g/mol. The summed E-state index contributed by atoms with van der Waals surface area (Å²) in [6, 6.07) is 3.33. The maximum absolute atomic E-state index is 13.0. The van der Waals surface area contributed by atoms with Crippen LogP contribution in [0.1, 0.15) is 66.2 Å². The van der Waals surface area contributed by atoms with Crippen LogP contribution in [0.5, 0.6) is 0 Å². The highest BCUT2D eigenvalue weighted by atomic mass is 16.5. The SMILES string of the molecule is Cc1noc2nc(C3CC3)cc(C(=O)NC3CC4CCC(C3)N4)c12. The fraction of sp³-hybridized carbons (Fsp3) is 0.611. The Labute approximate surface area is 140 Å². The largest absolute Gasteiger partial charge is 0.349 e. The number of rotatable bonds is 3. The van der Waals surface area contributed by atoms with Gasteiger partial charge in [0.1, 0.15) is 0 Å². The van der Waals surface area contributed by atoms with Gasteiger partial charge in [-0.3, -0.25) is 4.79 Å². The smallest absolute Gasteiger partial charge is 0.259 e.